The summed E-state index contributed by atoms with van der Waals surface area (Å²) >= 11 is 0. The van der Waals surface area contributed by atoms with Gasteiger partial charge in [0.1, 0.15) is 11.6 Å². The van der Waals surface area contributed by atoms with E-state index in [1.54, 1.807) is 12.1 Å². The topological polar surface area (TPSA) is 64.1 Å². The molecule has 0 bridgehead atoms. The van der Waals surface area contributed by atoms with Crippen molar-refractivity contribution in [1.29, 1.82) is 0 Å². The van der Waals surface area contributed by atoms with Crippen molar-refractivity contribution in [1.82, 2.24) is 15.3 Å². The Bertz CT molecular complexity index is 881. The van der Waals surface area contributed by atoms with Crippen LogP contribution in [0.5, 0.6) is 5.88 Å². The molecular formula is C19H18FN3O2. The van der Waals surface area contributed by atoms with E-state index in [1.807, 2.05) is 31.2 Å². The Morgan fingerprint density at radius 3 is 2.64 bits per heavy atom. The lowest BCUT2D eigenvalue weighted by molar-refractivity contribution is -0.123. The molecule has 5 nitrogen and oxygen atoms in total. The average Bonchev–Trinajstić information content (AvgIpc) is 2.65. The van der Waals surface area contributed by atoms with Crippen LogP contribution in [0.3, 0.4) is 0 Å². The first-order valence-electron chi connectivity index (χ1n) is 8.05. The second kappa shape index (κ2) is 7.70. The molecule has 0 unspecified atom stereocenters. The van der Waals surface area contributed by atoms with Crippen molar-refractivity contribution >= 4 is 16.8 Å². The maximum Gasteiger partial charge on any atom is 0.258 e. The van der Waals surface area contributed by atoms with Crippen LogP contribution in [0.15, 0.2) is 48.5 Å². The van der Waals surface area contributed by atoms with Crippen molar-refractivity contribution in [3.63, 3.8) is 0 Å². The molecule has 25 heavy (non-hydrogen) atoms. The molecule has 128 valence electrons. The van der Waals surface area contributed by atoms with Crippen molar-refractivity contribution in [3.05, 3.63) is 65.7 Å². The molecule has 0 aliphatic rings. The minimum absolute atomic E-state index is 0.147. The first-order valence-corrected chi connectivity index (χ1v) is 8.05. The van der Waals surface area contributed by atoms with Crippen molar-refractivity contribution < 1.29 is 13.9 Å². The van der Waals surface area contributed by atoms with E-state index < -0.39 is 0 Å². The third-order valence-corrected chi connectivity index (χ3v) is 3.67. The highest BCUT2D eigenvalue weighted by molar-refractivity contribution is 5.84. The highest BCUT2D eigenvalue weighted by Crippen LogP contribution is 2.22. The van der Waals surface area contributed by atoms with Gasteiger partial charge in [0.05, 0.1) is 10.9 Å². The maximum atomic E-state index is 12.9. The van der Waals surface area contributed by atoms with Crippen LogP contribution >= 0.6 is 0 Å². The Labute approximate surface area is 144 Å². The SMILES string of the molecule is CCc1nc(OCC(=O)NCc2ccc(F)cc2)c2ccccc2n1. The van der Waals surface area contributed by atoms with Crippen LogP contribution in [0, 0.1) is 5.82 Å². The summed E-state index contributed by atoms with van der Waals surface area (Å²) in [6, 6.07) is 13.5. The Balaban J connectivity index is 1.63. The lowest BCUT2D eigenvalue weighted by atomic mass is 10.2. The third-order valence-electron chi connectivity index (χ3n) is 3.67. The number of aromatic nitrogens is 2. The number of hydrogen-bond donors (Lipinski definition) is 1. The van der Waals surface area contributed by atoms with Gasteiger partial charge < -0.3 is 10.1 Å². The number of ether oxygens (including phenoxy) is 1. The number of aryl methyl sites for hydroxylation is 1. The molecule has 1 aromatic heterocycles. The summed E-state index contributed by atoms with van der Waals surface area (Å²) in [5, 5.41) is 3.51. The molecular weight excluding hydrogens is 321 g/mol. The van der Waals surface area contributed by atoms with E-state index in [1.165, 1.54) is 12.1 Å². The van der Waals surface area contributed by atoms with Crippen molar-refractivity contribution in [2.24, 2.45) is 0 Å². The fraction of sp³-hybridized carbons (Fsp3) is 0.211. The predicted molar refractivity (Wildman–Crippen MR) is 92.7 cm³/mol. The number of amides is 1. The van der Waals surface area contributed by atoms with E-state index in [0.29, 0.717) is 24.7 Å². The molecule has 0 spiro atoms. The molecule has 0 aliphatic carbocycles. The molecule has 3 aromatic rings. The molecule has 0 aliphatic heterocycles. The van der Waals surface area contributed by atoms with Gasteiger partial charge >= 0.3 is 0 Å². The predicted octanol–water partition coefficient (Wildman–Crippen LogP) is 3.03. The second-order valence-electron chi connectivity index (χ2n) is 5.51. The van der Waals surface area contributed by atoms with Gasteiger partial charge in [-0.25, -0.2) is 9.37 Å². The minimum Gasteiger partial charge on any atom is -0.467 e. The van der Waals surface area contributed by atoms with E-state index in [-0.39, 0.29) is 18.3 Å². The van der Waals surface area contributed by atoms with E-state index in [2.05, 4.69) is 15.3 Å². The zero-order valence-corrected chi connectivity index (χ0v) is 13.8. The number of carbonyl (C=O) groups is 1. The molecule has 2 aromatic carbocycles. The molecule has 0 atom stereocenters. The van der Waals surface area contributed by atoms with Gasteiger partial charge in [-0.05, 0) is 29.8 Å². The van der Waals surface area contributed by atoms with Crippen LogP contribution < -0.4 is 10.1 Å². The number of hydrogen-bond acceptors (Lipinski definition) is 4. The largest absolute Gasteiger partial charge is 0.467 e. The lowest BCUT2D eigenvalue weighted by Gasteiger charge is -2.10. The smallest absolute Gasteiger partial charge is 0.258 e. The van der Waals surface area contributed by atoms with Gasteiger partial charge in [0, 0.05) is 13.0 Å². The van der Waals surface area contributed by atoms with Gasteiger partial charge in [-0.2, -0.15) is 4.98 Å². The number of carbonyl (C=O) groups excluding carboxylic acids is 1. The van der Waals surface area contributed by atoms with Gasteiger partial charge in [-0.15, -0.1) is 0 Å². The first kappa shape index (κ1) is 16.8. The Kier molecular flexibility index (Phi) is 5.18. The Morgan fingerprint density at radius 1 is 1.12 bits per heavy atom. The number of halogens is 1. The molecule has 0 saturated heterocycles. The van der Waals surface area contributed by atoms with Gasteiger partial charge in [0.15, 0.2) is 6.61 Å². The summed E-state index contributed by atoms with van der Waals surface area (Å²) in [7, 11) is 0. The van der Waals surface area contributed by atoms with Gasteiger partial charge in [-0.3, -0.25) is 4.79 Å². The van der Waals surface area contributed by atoms with E-state index in [9.17, 15) is 9.18 Å². The van der Waals surface area contributed by atoms with Crippen LogP contribution in [-0.4, -0.2) is 22.5 Å². The van der Waals surface area contributed by atoms with Crippen LogP contribution in [0.25, 0.3) is 10.9 Å². The lowest BCUT2D eigenvalue weighted by Crippen LogP contribution is -2.28. The van der Waals surface area contributed by atoms with E-state index in [0.717, 1.165) is 16.5 Å². The first-order chi connectivity index (χ1) is 12.2. The average molecular weight is 339 g/mol. The summed E-state index contributed by atoms with van der Waals surface area (Å²) in [6.07, 6.45) is 0.679. The number of benzene rings is 2. The number of rotatable bonds is 6. The third kappa shape index (κ3) is 4.29. The van der Waals surface area contributed by atoms with Gasteiger partial charge in [0.25, 0.3) is 5.91 Å². The maximum absolute atomic E-state index is 12.9. The zero-order chi connectivity index (χ0) is 17.6. The van der Waals surface area contributed by atoms with Crippen molar-refractivity contribution in [2.75, 3.05) is 6.61 Å². The number of nitrogens with zero attached hydrogens (tertiary/aromatic N) is 2. The van der Waals surface area contributed by atoms with E-state index >= 15 is 0 Å². The van der Waals surface area contributed by atoms with Crippen LogP contribution in [0.2, 0.25) is 0 Å². The second-order valence-corrected chi connectivity index (χ2v) is 5.51. The Hall–Kier alpha value is -3.02. The molecule has 6 heteroatoms. The molecule has 0 saturated carbocycles. The zero-order valence-electron chi connectivity index (χ0n) is 13.8. The summed E-state index contributed by atoms with van der Waals surface area (Å²) in [5.74, 6) is 0.491. The fourth-order valence-electron chi connectivity index (χ4n) is 2.35. The number of nitrogens with one attached hydrogen (secondary N) is 1. The number of fused-ring (bicyclic) bond motifs is 1. The van der Waals surface area contributed by atoms with Crippen LogP contribution in [0.1, 0.15) is 18.3 Å². The van der Waals surface area contributed by atoms with Crippen molar-refractivity contribution in [2.45, 2.75) is 19.9 Å². The molecule has 0 fully saturated rings. The fourth-order valence-corrected chi connectivity index (χ4v) is 2.35. The summed E-state index contributed by atoms with van der Waals surface area (Å²) in [4.78, 5) is 20.8. The van der Waals surface area contributed by atoms with Crippen molar-refractivity contribution in [3.8, 4) is 5.88 Å². The van der Waals surface area contributed by atoms with Crippen LogP contribution in [0.4, 0.5) is 4.39 Å². The molecule has 1 N–H and O–H groups in total. The highest BCUT2D eigenvalue weighted by atomic mass is 19.1. The molecule has 0 radical (unpaired) electrons. The monoisotopic (exact) mass is 339 g/mol. The van der Waals surface area contributed by atoms with Gasteiger partial charge in [-0.1, -0.05) is 31.2 Å². The highest BCUT2D eigenvalue weighted by Gasteiger charge is 2.10. The van der Waals surface area contributed by atoms with E-state index in [4.69, 9.17) is 4.74 Å². The summed E-state index contributed by atoms with van der Waals surface area (Å²) < 4.78 is 18.5. The number of para-hydroxylation sites is 1. The summed E-state index contributed by atoms with van der Waals surface area (Å²) in [5.41, 5.74) is 1.60. The molecule has 1 heterocycles. The van der Waals surface area contributed by atoms with Crippen LogP contribution in [-0.2, 0) is 17.8 Å². The summed E-state index contributed by atoms with van der Waals surface area (Å²) in [6.45, 7) is 2.13. The Morgan fingerprint density at radius 2 is 1.88 bits per heavy atom. The standard InChI is InChI=1S/C19H18FN3O2/c1-2-17-22-16-6-4-3-5-15(16)19(23-17)25-12-18(24)21-11-13-7-9-14(20)10-8-13/h3-10H,2,11-12H2,1H3,(H,21,24). The van der Waals surface area contributed by atoms with Gasteiger partial charge in [0.2, 0.25) is 5.88 Å². The quantitative estimate of drug-likeness (QED) is 0.750. The molecule has 3 rings (SSSR count). The normalized spacial score (nSPS) is 10.6. The minimum atomic E-state index is -0.305. The molecule has 1 amide bonds.